The third-order valence-electron chi connectivity index (χ3n) is 4.89. The largest absolute Gasteiger partial charge is 0.497 e. The van der Waals surface area contributed by atoms with Crippen molar-refractivity contribution in [3.63, 3.8) is 0 Å². The lowest BCUT2D eigenvalue weighted by molar-refractivity contribution is 0.0531. The van der Waals surface area contributed by atoms with Crippen molar-refractivity contribution >= 4 is 33.3 Å². The molecule has 0 unspecified atom stereocenters. The first-order chi connectivity index (χ1) is 13.1. The van der Waals surface area contributed by atoms with Gasteiger partial charge in [0.25, 0.3) is 0 Å². The maximum atomic E-state index is 12.3. The van der Waals surface area contributed by atoms with E-state index in [1.165, 1.54) is 22.5 Å². The molecule has 1 aliphatic heterocycles. The Morgan fingerprint density at radius 2 is 2.15 bits per heavy atom. The van der Waals surface area contributed by atoms with Crippen molar-refractivity contribution < 1.29 is 14.3 Å². The molecule has 0 N–H and O–H groups in total. The normalized spacial score (nSPS) is 13.5. The summed E-state index contributed by atoms with van der Waals surface area (Å²) in [5.41, 5.74) is 3.47. The Morgan fingerprint density at radius 3 is 2.93 bits per heavy atom. The SMILES string of the molecule is CCOC(=O)c1sc2ncnc(N3CCc4ccc(OC)cc4C3)c2c1C. The van der Waals surface area contributed by atoms with Crippen molar-refractivity contribution in [2.24, 2.45) is 0 Å². The topological polar surface area (TPSA) is 64.5 Å². The molecule has 0 radical (unpaired) electrons. The van der Waals surface area contributed by atoms with Crippen LogP contribution in [0.3, 0.4) is 0 Å². The van der Waals surface area contributed by atoms with E-state index in [2.05, 4.69) is 27.0 Å². The first-order valence-electron chi connectivity index (χ1n) is 8.94. The number of carbonyl (C=O) groups is 1. The molecule has 1 aliphatic rings. The molecule has 0 saturated heterocycles. The van der Waals surface area contributed by atoms with Crippen molar-refractivity contribution in [2.45, 2.75) is 26.8 Å². The second kappa shape index (κ2) is 7.15. The molecule has 4 rings (SSSR count). The lowest BCUT2D eigenvalue weighted by atomic mass is 9.99. The van der Waals surface area contributed by atoms with E-state index in [1.54, 1.807) is 13.4 Å². The molecular weight excluding hydrogens is 362 g/mol. The summed E-state index contributed by atoms with van der Waals surface area (Å²) in [7, 11) is 1.68. The fraction of sp³-hybridized carbons (Fsp3) is 0.350. The second-order valence-corrected chi connectivity index (χ2v) is 7.46. The van der Waals surface area contributed by atoms with Gasteiger partial charge in [-0.15, -0.1) is 11.3 Å². The van der Waals surface area contributed by atoms with E-state index in [9.17, 15) is 4.79 Å². The smallest absolute Gasteiger partial charge is 0.348 e. The van der Waals surface area contributed by atoms with Crippen LogP contribution in [0.4, 0.5) is 5.82 Å². The minimum atomic E-state index is -0.294. The van der Waals surface area contributed by atoms with E-state index in [-0.39, 0.29) is 5.97 Å². The van der Waals surface area contributed by atoms with Gasteiger partial charge in [-0.05, 0) is 49.1 Å². The van der Waals surface area contributed by atoms with Crippen LogP contribution in [-0.4, -0.2) is 36.2 Å². The number of carbonyl (C=O) groups excluding carboxylic acids is 1. The molecule has 1 aromatic carbocycles. The van der Waals surface area contributed by atoms with Crippen LogP contribution in [0, 0.1) is 6.92 Å². The van der Waals surface area contributed by atoms with Crippen LogP contribution in [0.15, 0.2) is 24.5 Å². The van der Waals surface area contributed by atoms with E-state index in [1.807, 2.05) is 19.9 Å². The number of aryl methyl sites for hydroxylation is 1. The third kappa shape index (κ3) is 3.12. The molecule has 0 atom stereocenters. The second-order valence-electron chi connectivity index (χ2n) is 6.46. The van der Waals surface area contributed by atoms with Crippen molar-refractivity contribution in [1.29, 1.82) is 0 Å². The van der Waals surface area contributed by atoms with Crippen LogP contribution in [0.1, 0.15) is 33.3 Å². The number of rotatable bonds is 4. The monoisotopic (exact) mass is 383 g/mol. The molecule has 3 heterocycles. The molecule has 0 fully saturated rings. The fourth-order valence-electron chi connectivity index (χ4n) is 3.53. The summed E-state index contributed by atoms with van der Waals surface area (Å²) in [5, 5.41) is 0.942. The zero-order valence-corrected chi connectivity index (χ0v) is 16.4. The summed E-state index contributed by atoms with van der Waals surface area (Å²) in [4.78, 5) is 24.9. The summed E-state index contributed by atoms with van der Waals surface area (Å²) in [6, 6.07) is 6.23. The molecule has 2 aromatic heterocycles. The predicted molar refractivity (Wildman–Crippen MR) is 106 cm³/mol. The summed E-state index contributed by atoms with van der Waals surface area (Å²) in [6.07, 6.45) is 2.52. The minimum Gasteiger partial charge on any atom is -0.497 e. The maximum absolute atomic E-state index is 12.3. The molecule has 3 aromatic rings. The zero-order chi connectivity index (χ0) is 19.0. The number of thiophene rings is 1. The Hall–Kier alpha value is -2.67. The number of nitrogens with zero attached hydrogens (tertiary/aromatic N) is 3. The fourth-order valence-corrected chi connectivity index (χ4v) is 4.56. The Labute approximate surface area is 161 Å². The number of anilines is 1. The molecule has 140 valence electrons. The van der Waals surface area contributed by atoms with Crippen molar-refractivity contribution in [1.82, 2.24) is 9.97 Å². The van der Waals surface area contributed by atoms with Gasteiger partial charge in [-0.25, -0.2) is 14.8 Å². The van der Waals surface area contributed by atoms with Gasteiger partial charge in [0.15, 0.2) is 0 Å². The summed E-state index contributed by atoms with van der Waals surface area (Å²) in [6.45, 7) is 5.73. The highest BCUT2D eigenvalue weighted by Crippen LogP contribution is 2.37. The van der Waals surface area contributed by atoms with Gasteiger partial charge in [0.2, 0.25) is 0 Å². The van der Waals surface area contributed by atoms with Crippen LogP contribution >= 0.6 is 11.3 Å². The number of methoxy groups -OCH3 is 1. The first kappa shape index (κ1) is 17.7. The molecule has 7 heteroatoms. The lowest BCUT2D eigenvalue weighted by Crippen LogP contribution is -2.31. The number of esters is 1. The van der Waals surface area contributed by atoms with Crippen LogP contribution in [-0.2, 0) is 17.7 Å². The van der Waals surface area contributed by atoms with E-state index in [0.29, 0.717) is 11.5 Å². The number of ether oxygens (including phenoxy) is 2. The van der Waals surface area contributed by atoms with Crippen molar-refractivity contribution in [3.05, 3.63) is 46.1 Å². The molecule has 6 nitrogen and oxygen atoms in total. The van der Waals surface area contributed by atoms with Gasteiger partial charge < -0.3 is 14.4 Å². The van der Waals surface area contributed by atoms with Gasteiger partial charge >= 0.3 is 5.97 Å². The zero-order valence-electron chi connectivity index (χ0n) is 15.6. The highest BCUT2D eigenvalue weighted by molar-refractivity contribution is 7.20. The Morgan fingerprint density at radius 1 is 1.30 bits per heavy atom. The number of fused-ring (bicyclic) bond motifs is 2. The van der Waals surface area contributed by atoms with E-state index < -0.39 is 0 Å². The van der Waals surface area contributed by atoms with E-state index in [0.717, 1.165) is 46.9 Å². The summed E-state index contributed by atoms with van der Waals surface area (Å²) >= 11 is 1.37. The Bertz CT molecular complexity index is 1020. The minimum absolute atomic E-state index is 0.294. The quantitative estimate of drug-likeness (QED) is 0.640. The predicted octanol–water partition coefficient (Wildman–Crippen LogP) is 3.75. The molecule has 0 amide bonds. The van der Waals surface area contributed by atoms with Gasteiger partial charge in [0.1, 0.15) is 27.6 Å². The van der Waals surface area contributed by atoms with E-state index >= 15 is 0 Å². The highest BCUT2D eigenvalue weighted by atomic mass is 32.1. The molecule has 0 saturated carbocycles. The van der Waals surface area contributed by atoms with E-state index in [4.69, 9.17) is 9.47 Å². The van der Waals surface area contributed by atoms with Gasteiger partial charge in [-0.3, -0.25) is 0 Å². The van der Waals surface area contributed by atoms with Crippen molar-refractivity contribution in [3.8, 4) is 5.75 Å². The standard InChI is InChI=1S/C20H21N3O3S/c1-4-26-20(24)17-12(2)16-18(21-11-22-19(16)27-17)23-8-7-13-5-6-15(25-3)9-14(13)10-23/h5-6,9,11H,4,7-8,10H2,1-3H3. The number of hydrogen-bond donors (Lipinski definition) is 0. The van der Waals surface area contributed by atoms with Crippen LogP contribution < -0.4 is 9.64 Å². The Balaban J connectivity index is 1.75. The lowest BCUT2D eigenvalue weighted by Gasteiger charge is -2.30. The first-order valence-corrected chi connectivity index (χ1v) is 9.76. The number of benzene rings is 1. The number of aromatic nitrogens is 2. The van der Waals surface area contributed by atoms with Crippen LogP contribution in [0.5, 0.6) is 5.75 Å². The molecular formula is C20H21N3O3S. The van der Waals surface area contributed by atoms with Crippen LogP contribution in [0.2, 0.25) is 0 Å². The summed E-state index contributed by atoms with van der Waals surface area (Å²) < 4.78 is 10.6. The third-order valence-corrected chi connectivity index (χ3v) is 6.07. The molecule has 0 aliphatic carbocycles. The van der Waals surface area contributed by atoms with Gasteiger partial charge in [0.05, 0.1) is 19.1 Å². The van der Waals surface area contributed by atoms with Gasteiger partial charge in [-0.2, -0.15) is 0 Å². The Kier molecular flexibility index (Phi) is 4.70. The molecule has 27 heavy (non-hydrogen) atoms. The maximum Gasteiger partial charge on any atom is 0.348 e. The van der Waals surface area contributed by atoms with Crippen LogP contribution in [0.25, 0.3) is 10.2 Å². The number of hydrogen-bond acceptors (Lipinski definition) is 7. The van der Waals surface area contributed by atoms with Gasteiger partial charge in [-0.1, -0.05) is 6.07 Å². The highest BCUT2D eigenvalue weighted by Gasteiger charge is 2.25. The van der Waals surface area contributed by atoms with Crippen molar-refractivity contribution in [2.75, 3.05) is 25.2 Å². The molecule has 0 bridgehead atoms. The average molecular weight is 383 g/mol. The van der Waals surface area contributed by atoms with Gasteiger partial charge in [0, 0.05) is 13.1 Å². The summed E-state index contributed by atoms with van der Waals surface area (Å²) in [5.74, 6) is 1.44. The average Bonchev–Trinajstić information content (AvgIpc) is 3.04. The molecule has 0 spiro atoms.